The number of pyridine rings is 1. The van der Waals surface area contributed by atoms with E-state index in [1.165, 1.54) is 11.3 Å². The molecule has 2 aromatic heterocycles. The van der Waals surface area contributed by atoms with E-state index in [1.807, 2.05) is 19.1 Å². The van der Waals surface area contributed by atoms with Gasteiger partial charge >= 0.3 is 0 Å². The molecular formula is C11H12N2O3S2. The topological polar surface area (TPSA) is 69.2 Å². The highest BCUT2D eigenvalue weighted by atomic mass is 32.2. The van der Waals surface area contributed by atoms with E-state index in [4.69, 9.17) is 0 Å². The zero-order valence-electron chi connectivity index (χ0n) is 9.95. The molecule has 7 heteroatoms. The Kier molecular flexibility index (Phi) is 3.74. The fourth-order valence-electron chi connectivity index (χ4n) is 1.34. The van der Waals surface area contributed by atoms with Gasteiger partial charge < -0.3 is 0 Å². The van der Waals surface area contributed by atoms with Crippen LogP contribution < -0.4 is 0 Å². The highest BCUT2D eigenvalue weighted by molar-refractivity contribution is 7.85. The predicted molar refractivity (Wildman–Crippen MR) is 69.7 cm³/mol. The summed E-state index contributed by atoms with van der Waals surface area (Å²) in [5.74, 6) is -0.209. The van der Waals surface area contributed by atoms with Crippen LogP contribution in [0.25, 0.3) is 10.6 Å². The lowest BCUT2D eigenvalue weighted by Crippen LogP contribution is -2.05. The fourth-order valence-corrected chi connectivity index (χ4v) is 2.88. The van der Waals surface area contributed by atoms with E-state index in [1.54, 1.807) is 11.6 Å². The zero-order chi connectivity index (χ0) is 13.2. The van der Waals surface area contributed by atoms with Crippen LogP contribution in [0.5, 0.6) is 0 Å². The van der Waals surface area contributed by atoms with Crippen LogP contribution in [0.3, 0.4) is 0 Å². The third-order valence-corrected chi connectivity index (χ3v) is 4.39. The van der Waals surface area contributed by atoms with Crippen LogP contribution in [0, 0.1) is 6.92 Å². The Morgan fingerprint density at radius 3 is 2.78 bits per heavy atom. The minimum absolute atomic E-state index is 0.209. The van der Waals surface area contributed by atoms with Crippen molar-refractivity contribution in [1.82, 2.24) is 9.97 Å². The first-order chi connectivity index (χ1) is 8.50. The zero-order valence-corrected chi connectivity index (χ0v) is 11.6. The van der Waals surface area contributed by atoms with Gasteiger partial charge in [0, 0.05) is 22.8 Å². The molecule has 0 unspecified atom stereocenters. The van der Waals surface area contributed by atoms with E-state index in [9.17, 15) is 8.42 Å². The quantitative estimate of drug-likeness (QED) is 0.803. The normalized spacial score (nSPS) is 11.7. The summed E-state index contributed by atoms with van der Waals surface area (Å²) >= 11 is 1.39. The Balaban J connectivity index is 2.23. The molecule has 2 rings (SSSR count). The number of aromatic nitrogens is 2. The number of aryl methyl sites for hydroxylation is 1. The summed E-state index contributed by atoms with van der Waals surface area (Å²) in [6.07, 6.45) is 1.72. The van der Waals surface area contributed by atoms with Crippen molar-refractivity contribution >= 4 is 21.5 Å². The van der Waals surface area contributed by atoms with Crippen molar-refractivity contribution in [2.24, 2.45) is 0 Å². The summed E-state index contributed by atoms with van der Waals surface area (Å²) in [7, 11) is -2.37. The standard InChI is InChI=1S/C11H12N2O3S2/c1-8-3-4-9(5-12-8)11-13-10(6-17-11)7-18(14,15)16-2/h3-6H,7H2,1-2H3. The molecule has 0 spiro atoms. The van der Waals surface area contributed by atoms with Gasteiger partial charge in [-0.05, 0) is 19.1 Å². The Morgan fingerprint density at radius 1 is 1.39 bits per heavy atom. The third-order valence-electron chi connectivity index (χ3n) is 2.29. The lowest BCUT2D eigenvalue weighted by atomic mass is 10.3. The first-order valence-corrected chi connectivity index (χ1v) is 7.61. The van der Waals surface area contributed by atoms with E-state index in [0.717, 1.165) is 23.4 Å². The molecule has 0 fully saturated rings. The molecule has 0 bridgehead atoms. The molecule has 0 aliphatic carbocycles. The molecular weight excluding hydrogens is 272 g/mol. The molecule has 2 aromatic rings. The predicted octanol–water partition coefficient (Wildman–Crippen LogP) is 1.99. The SMILES string of the molecule is COS(=O)(=O)Cc1csc(-c2ccc(C)nc2)n1. The van der Waals surface area contributed by atoms with Gasteiger partial charge in [-0.25, -0.2) is 4.98 Å². The maximum atomic E-state index is 11.3. The number of hydrogen-bond acceptors (Lipinski definition) is 6. The van der Waals surface area contributed by atoms with Crippen LogP contribution in [0.2, 0.25) is 0 Å². The molecule has 0 saturated carbocycles. The van der Waals surface area contributed by atoms with Gasteiger partial charge in [-0.1, -0.05) is 0 Å². The van der Waals surface area contributed by atoms with E-state index in [-0.39, 0.29) is 5.75 Å². The Morgan fingerprint density at radius 2 is 2.17 bits per heavy atom. The van der Waals surface area contributed by atoms with E-state index in [0.29, 0.717) is 5.69 Å². The second-order valence-corrected chi connectivity index (χ2v) is 6.30. The summed E-state index contributed by atoms with van der Waals surface area (Å²) in [6.45, 7) is 1.90. The van der Waals surface area contributed by atoms with Gasteiger partial charge in [0.05, 0.1) is 12.8 Å². The van der Waals surface area contributed by atoms with Gasteiger partial charge in [-0.2, -0.15) is 8.42 Å². The number of rotatable bonds is 4. The van der Waals surface area contributed by atoms with Gasteiger partial charge in [0.1, 0.15) is 10.8 Å². The van der Waals surface area contributed by atoms with Crippen molar-refractivity contribution < 1.29 is 12.6 Å². The average Bonchev–Trinajstić information content (AvgIpc) is 2.78. The van der Waals surface area contributed by atoms with Crippen molar-refractivity contribution in [1.29, 1.82) is 0 Å². The monoisotopic (exact) mass is 284 g/mol. The minimum Gasteiger partial charge on any atom is -0.273 e. The van der Waals surface area contributed by atoms with Gasteiger partial charge in [-0.3, -0.25) is 9.17 Å². The van der Waals surface area contributed by atoms with Crippen molar-refractivity contribution in [3.8, 4) is 10.6 Å². The molecule has 0 saturated heterocycles. The second kappa shape index (κ2) is 5.13. The van der Waals surface area contributed by atoms with E-state index >= 15 is 0 Å². The van der Waals surface area contributed by atoms with Gasteiger partial charge in [0.2, 0.25) is 0 Å². The van der Waals surface area contributed by atoms with Crippen LogP contribution >= 0.6 is 11.3 Å². The molecule has 0 amide bonds. The molecule has 96 valence electrons. The number of nitrogens with zero attached hydrogens (tertiary/aromatic N) is 2. The first kappa shape index (κ1) is 13.1. The lowest BCUT2D eigenvalue weighted by molar-refractivity contribution is 0.396. The summed E-state index contributed by atoms with van der Waals surface area (Å²) in [6, 6.07) is 3.80. The molecule has 0 aliphatic rings. The van der Waals surface area contributed by atoms with Crippen LogP contribution in [0.1, 0.15) is 11.4 Å². The van der Waals surface area contributed by atoms with Gasteiger partial charge in [0.25, 0.3) is 10.1 Å². The van der Waals surface area contributed by atoms with Crippen LogP contribution in [0.4, 0.5) is 0 Å². The van der Waals surface area contributed by atoms with E-state index < -0.39 is 10.1 Å². The summed E-state index contributed by atoms with van der Waals surface area (Å²) < 4.78 is 27.0. The van der Waals surface area contributed by atoms with E-state index in [2.05, 4.69) is 14.2 Å². The molecule has 5 nitrogen and oxygen atoms in total. The molecule has 0 atom stereocenters. The minimum atomic E-state index is -3.52. The molecule has 2 heterocycles. The number of thiazole rings is 1. The summed E-state index contributed by atoms with van der Waals surface area (Å²) in [4.78, 5) is 8.44. The largest absolute Gasteiger partial charge is 0.273 e. The molecule has 18 heavy (non-hydrogen) atoms. The lowest BCUT2D eigenvalue weighted by Gasteiger charge is -1.98. The Hall–Kier alpha value is -1.31. The average molecular weight is 284 g/mol. The fraction of sp³-hybridized carbons (Fsp3) is 0.273. The van der Waals surface area contributed by atoms with Gasteiger partial charge in [-0.15, -0.1) is 11.3 Å². The second-order valence-electron chi connectivity index (χ2n) is 3.70. The molecule has 0 radical (unpaired) electrons. The van der Waals surface area contributed by atoms with Crippen LogP contribution in [0.15, 0.2) is 23.7 Å². The van der Waals surface area contributed by atoms with Gasteiger partial charge in [0.15, 0.2) is 0 Å². The van der Waals surface area contributed by atoms with Crippen LogP contribution in [-0.4, -0.2) is 25.5 Å². The third kappa shape index (κ3) is 3.12. The highest BCUT2D eigenvalue weighted by Gasteiger charge is 2.13. The van der Waals surface area contributed by atoms with Crippen molar-refractivity contribution in [3.63, 3.8) is 0 Å². The summed E-state index contributed by atoms with van der Waals surface area (Å²) in [5, 5.41) is 2.47. The maximum absolute atomic E-state index is 11.3. The van der Waals surface area contributed by atoms with Crippen molar-refractivity contribution in [2.45, 2.75) is 12.7 Å². The highest BCUT2D eigenvalue weighted by Crippen LogP contribution is 2.24. The smallest absolute Gasteiger partial charge is 0.272 e. The Bertz CT molecular complexity index is 633. The van der Waals surface area contributed by atoms with Crippen molar-refractivity contribution in [3.05, 3.63) is 35.1 Å². The maximum Gasteiger partial charge on any atom is 0.272 e. The Labute approximate surface area is 110 Å². The molecule has 0 N–H and O–H groups in total. The number of hydrogen-bond donors (Lipinski definition) is 0. The first-order valence-electron chi connectivity index (χ1n) is 5.16. The van der Waals surface area contributed by atoms with Crippen LogP contribution in [-0.2, 0) is 20.1 Å². The molecule has 0 aromatic carbocycles. The van der Waals surface area contributed by atoms with Crippen molar-refractivity contribution in [2.75, 3.05) is 7.11 Å². The summed E-state index contributed by atoms with van der Waals surface area (Å²) in [5.41, 5.74) is 2.29. The molecule has 0 aliphatic heterocycles.